The van der Waals surface area contributed by atoms with Crippen LogP contribution in [0.1, 0.15) is 16.2 Å². The van der Waals surface area contributed by atoms with Gasteiger partial charge < -0.3 is 9.72 Å². The predicted molar refractivity (Wildman–Crippen MR) is 113 cm³/mol. The molecule has 1 amide bonds. The average Bonchev–Trinajstić information content (AvgIpc) is 3.45. The summed E-state index contributed by atoms with van der Waals surface area (Å²) in [5, 5.41) is 7.32. The van der Waals surface area contributed by atoms with Crippen molar-refractivity contribution in [3.8, 4) is 16.9 Å². The fourth-order valence-electron chi connectivity index (χ4n) is 3.31. The van der Waals surface area contributed by atoms with Crippen LogP contribution in [0, 0.1) is 0 Å². The Morgan fingerprint density at radius 2 is 1.87 bits per heavy atom. The first-order chi connectivity index (χ1) is 14.8. The van der Waals surface area contributed by atoms with E-state index in [1.807, 2.05) is 59.3 Å². The topological polar surface area (TPSA) is 77.1 Å². The third-order valence-electron chi connectivity index (χ3n) is 4.84. The van der Waals surface area contributed by atoms with Crippen molar-refractivity contribution in [2.24, 2.45) is 0 Å². The van der Waals surface area contributed by atoms with Crippen molar-refractivity contribution in [3.63, 3.8) is 0 Å². The molecule has 5 aromatic heterocycles. The Bertz CT molecular complexity index is 1310. The lowest BCUT2D eigenvalue weighted by molar-refractivity contribution is 0.0945. The van der Waals surface area contributed by atoms with Gasteiger partial charge in [-0.15, -0.1) is 0 Å². The number of rotatable bonds is 5. The molecule has 7 heteroatoms. The smallest absolute Gasteiger partial charge is 0.272 e. The number of fused-ring (bicyclic) bond motifs is 1. The van der Waals surface area contributed by atoms with Gasteiger partial charge in [-0.05, 0) is 48.0 Å². The maximum absolute atomic E-state index is 12.5. The number of hydrogen-bond acceptors (Lipinski definition) is 4. The third-order valence-corrected chi connectivity index (χ3v) is 4.84. The second-order valence-corrected chi connectivity index (χ2v) is 6.80. The molecule has 0 spiro atoms. The minimum absolute atomic E-state index is 0.240. The van der Waals surface area contributed by atoms with Gasteiger partial charge in [-0.1, -0.05) is 18.2 Å². The van der Waals surface area contributed by atoms with Crippen LogP contribution in [0.5, 0.6) is 0 Å². The second-order valence-electron chi connectivity index (χ2n) is 6.80. The average molecular weight is 394 g/mol. The molecule has 0 saturated carbocycles. The molecule has 0 atom stereocenters. The first-order valence-corrected chi connectivity index (χ1v) is 9.54. The van der Waals surface area contributed by atoms with Crippen LogP contribution in [0.15, 0.2) is 91.6 Å². The Morgan fingerprint density at radius 3 is 2.70 bits per heavy atom. The van der Waals surface area contributed by atoms with E-state index in [0.29, 0.717) is 12.2 Å². The molecule has 0 aromatic carbocycles. The van der Waals surface area contributed by atoms with Crippen molar-refractivity contribution >= 4 is 11.4 Å². The van der Waals surface area contributed by atoms with Crippen molar-refractivity contribution in [2.45, 2.75) is 6.54 Å². The minimum atomic E-state index is -0.240. The normalized spacial score (nSPS) is 10.9. The number of nitrogens with zero attached hydrogens (tertiary/aromatic N) is 5. The minimum Gasteiger partial charge on any atom is -0.345 e. The molecule has 0 radical (unpaired) electrons. The molecule has 5 rings (SSSR count). The zero-order valence-electron chi connectivity index (χ0n) is 16.0. The van der Waals surface area contributed by atoms with E-state index in [0.717, 1.165) is 28.2 Å². The van der Waals surface area contributed by atoms with Gasteiger partial charge in [0.2, 0.25) is 0 Å². The van der Waals surface area contributed by atoms with Crippen molar-refractivity contribution in [3.05, 3.63) is 103 Å². The van der Waals surface area contributed by atoms with E-state index in [2.05, 4.69) is 32.5 Å². The summed E-state index contributed by atoms with van der Waals surface area (Å²) in [6, 6.07) is 19.4. The Hall–Kier alpha value is -4.26. The molecule has 0 bridgehead atoms. The molecular formula is C23H18N6O. The van der Waals surface area contributed by atoms with Gasteiger partial charge in [-0.2, -0.15) is 5.10 Å². The lowest BCUT2D eigenvalue weighted by Gasteiger charge is -2.07. The molecule has 0 aliphatic rings. The van der Waals surface area contributed by atoms with E-state index in [4.69, 9.17) is 0 Å². The van der Waals surface area contributed by atoms with E-state index >= 15 is 0 Å². The van der Waals surface area contributed by atoms with Crippen LogP contribution < -0.4 is 5.32 Å². The molecule has 0 fully saturated rings. The van der Waals surface area contributed by atoms with Crippen molar-refractivity contribution in [1.29, 1.82) is 0 Å². The molecule has 0 aliphatic heterocycles. The van der Waals surface area contributed by atoms with Crippen molar-refractivity contribution < 1.29 is 4.79 Å². The monoisotopic (exact) mass is 394 g/mol. The molecule has 0 saturated heterocycles. The summed E-state index contributed by atoms with van der Waals surface area (Å²) < 4.78 is 3.75. The highest BCUT2D eigenvalue weighted by atomic mass is 16.1. The maximum atomic E-state index is 12.5. The van der Waals surface area contributed by atoms with Crippen LogP contribution >= 0.6 is 0 Å². The fraction of sp³-hybridized carbons (Fsp3) is 0.0435. The van der Waals surface area contributed by atoms with Gasteiger partial charge in [0.15, 0.2) is 5.69 Å². The fourth-order valence-corrected chi connectivity index (χ4v) is 3.31. The van der Waals surface area contributed by atoms with Gasteiger partial charge in [0.05, 0.1) is 12.2 Å². The molecule has 7 nitrogen and oxygen atoms in total. The zero-order chi connectivity index (χ0) is 20.3. The largest absolute Gasteiger partial charge is 0.345 e. The Morgan fingerprint density at radius 1 is 0.933 bits per heavy atom. The molecule has 0 unspecified atom stereocenters. The molecule has 0 aliphatic carbocycles. The zero-order valence-corrected chi connectivity index (χ0v) is 16.0. The summed E-state index contributed by atoms with van der Waals surface area (Å²) >= 11 is 0. The Kier molecular flexibility index (Phi) is 4.53. The Labute approximate surface area is 172 Å². The van der Waals surface area contributed by atoms with Crippen LogP contribution in [0.4, 0.5) is 0 Å². The highest BCUT2D eigenvalue weighted by molar-refractivity contribution is 5.92. The SMILES string of the molecule is O=C(NCc1ccccn1)c1ccn(-c2ccc3ccc(-c4cccnc4)cn23)n1. The van der Waals surface area contributed by atoms with Crippen LogP contribution in [-0.2, 0) is 6.54 Å². The lowest BCUT2D eigenvalue weighted by Crippen LogP contribution is -2.23. The first-order valence-electron chi connectivity index (χ1n) is 9.54. The number of hydrogen-bond donors (Lipinski definition) is 1. The molecular weight excluding hydrogens is 376 g/mol. The number of nitrogens with one attached hydrogen (secondary N) is 1. The molecule has 5 heterocycles. The maximum Gasteiger partial charge on any atom is 0.272 e. The highest BCUT2D eigenvalue weighted by Gasteiger charge is 2.12. The number of amides is 1. The number of carbonyl (C=O) groups excluding carboxylic acids is 1. The highest BCUT2D eigenvalue weighted by Crippen LogP contribution is 2.22. The molecule has 30 heavy (non-hydrogen) atoms. The van der Waals surface area contributed by atoms with Gasteiger partial charge in [-0.25, -0.2) is 4.68 Å². The standard InChI is InChI=1S/C23H18N6O/c30-23(26-15-19-5-1-2-12-25-19)21-10-13-29(27-21)22-9-8-20-7-6-18(16-28(20)22)17-4-3-11-24-14-17/h1-14,16H,15H2,(H,26,30). The summed E-state index contributed by atoms with van der Waals surface area (Å²) in [4.78, 5) is 20.9. The number of pyridine rings is 3. The van der Waals surface area contributed by atoms with Crippen molar-refractivity contribution in [2.75, 3.05) is 0 Å². The summed E-state index contributed by atoms with van der Waals surface area (Å²) in [6.07, 6.45) is 9.13. The van der Waals surface area contributed by atoms with Crippen LogP contribution in [0.25, 0.3) is 22.5 Å². The summed E-state index contributed by atoms with van der Waals surface area (Å²) in [7, 11) is 0. The van der Waals surface area contributed by atoms with Crippen LogP contribution in [-0.4, -0.2) is 30.1 Å². The van der Waals surface area contributed by atoms with Gasteiger partial charge in [-0.3, -0.25) is 14.8 Å². The van der Waals surface area contributed by atoms with E-state index in [1.54, 1.807) is 29.3 Å². The summed E-state index contributed by atoms with van der Waals surface area (Å²) in [6.45, 7) is 0.356. The van der Waals surface area contributed by atoms with Gasteiger partial charge in [0.1, 0.15) is 5.82 Å². The molecule has 146 valence electrons. The summed E-state index contributed by atoms with van der Waals surface area (Å²) in [5.74, 6) is 0.607. The van der Waals surface area contributed by atoms with Crippen LogP contribution in [0.3, 0.4) is 0 Å². The van der Waals surface area contributed by atoms with Gasteiger partial charge in [0, 0.05) is 42.1 Å². The van der Waals surface area contributed by atoms with Crippen LogP contribution in [0.2, 0.25) is 0 Å². The number of carbonyl (C=O) groups is 1. The quantitative estimate of drug-likeness (QED) is 0.495. The lowest BCUT2D eigenvalue weighted by atomic mass is 10.1. The molecule has 1 N–H and O–H groups in total. The van der Waals surface area contributed by atoms with E-state index < -0.39 is 0 Å². The third kappa shape index (κ3) is 3.44. The van der Waals surface area contributed by atoms with Gasteiger partial charge >= 0.3 is 0 Å². The van der Waals surface area contributed by atoms with E-state index in [9.17, 15) is 4.79 Å². The predicted octanol–water partition coefficient (Wildman–Crippen LogP) is 3.51. The van der Waals surface area contributed by atoms with Gasteiger partial charge in [0.25, 0.3) is 5.91 Å². The second kappa shape index (κ2) is 7.63. The van der Waals surface area contributed by atoms with E-state index in [1.165, 1.54) is 0 Å². The Balaban J connectivity index is 1.41. The number of aromatic nitrogens is 5. The first kappa shape index (κ1) is 17.8. The summed E-state index contributed by atoms with van der Waals surface area (Å²) in [5.41, 5.74) is 4.27. The van der Waals surface area contributed by atoms with Crippen molar-refractivity contribution in [1.82, 2.24) is 29.5 Å². The molecule has 5 aromatic rings. The van der Waals surface area contributed by atoms with E-state index in [-0.39, 0.29) is 5.91 Å².